The van der Waals surface area contributed by atoms with Crippen LogP contribution in [0.15, 0.2) is 78.9 Å². The van der Waals surface area contributed by atoms with E-state index in [0.717, 1.165) is 11.1 Å². The number of rotatable bonds is 7. The number of amides is 1. The Morgan fingerprint density at radius 2 is 1.91 bits per heavy atom. The number of anilines is 1. The second-order valence-corrected chi connectivity index (χ2v) is 7.09. The van der Waals surface area contributed by atoms with Gasteiger partial charge >= 0.3 is 0 Å². The van der Waals surface area contributed by atoms with Crippen molar-refractivity contribution in [2.45, 2.75) is 19.6 Å². The van der Waals surface area contributed by atoms with Gasteiger partial charge in [0, 0.05) is 17.3 Å². The highest BCUT2D eigenvalue weighted by Crippen LogP contribution is 2.20. The smallest absolute Gasteiger partial charge is 0.250 e. The van der Waals surface area contributed by atoms with Gasteiger partial charge < -0.3 is 10.1 Å². The molecule has 1 aromatic heterocycles. The zero-order valence-electron chi connectivity index (χ0n) is 17.3. The molecule has 0 aliphatic heterocycles. The molecule has 1 unspecified atom stereocenters. The molecule has 1 N–H and O–H groups in total. The summed E-state index contributed by atoms with van der Waals surface area (Å²) < 4.78 is 5.81. The first-order valence-corrected chi connectivity index (χ1v) is 10.00. The number of carbonyl (C=O) groups is 1. The molecule has 32 heavy (non-hydrogen) atoms. The lowest BCUT2D eigenvalue weighted by Crippen LogP contribution is -2.25. The summed E-state index contributed by atoms with van der Waals surface area (Å²) in [5.74, 6) is 0.782. The van der Waals surface area contributed by atoms with E-state index in [2.05, 4.69) is 26.8 Å². The molecule has 0 bridgehead atoms. The highest BCUT2D eigenvalue weighted by atomic mass is 16.5. The number of nitrogens with one attached hydrogen (secondary N) is 1. The Hall–Kier alpha value is -4.51. The Morgan fingerprint density at radius 3 is 2.72 bits per heavy atom. The molecule has 3 aromatic carbocycles. The van der Waals surface area contributed by atoms with Crippen molar-refractivity contribution in [2.75, 3.05) is 5.32 Å². The molecule has 0 spiro atoms. The maximum Gasteiger partial charge on any atom is 0.250 e. The van der Waals surface area contributed by atoms with Crippen molar-refractivity contribution in [3.63, 3.8) is 0 Å². The fourth-order valence-electron chi connectivity index (χ4n) is 3.00. The molecule has 158 valence electrons. The number of benzene rings is 3. The predicted octanol–water partition coefficient (Wildman–Crippen LogP) is 3.99. The SMILES string of the molecule is CC(C(=O)Nc1cccc(OCc2cccc(C#N)c2)c1)n1nnc(-c2ccccc2)n1. The second kappa shape index (κ2) is 9.53. The lowest BCUT2D eigenvalue weighted by molar-refractivity contribution is -0.119. The van der Waals surface area contributed by atoms with E-state index in [1.807, 2.05) is 42.5 Å². The first kappa shape index (κ1) is 20.8. The van der Waals surface area contributed by atoms with E-state index in [4.69, 9.17) is 10.00 Å². The molecule has 8 heteroatoms. The van der Waals surface area contributed by atoms with Crippen LogP contribution >= 0.6 is 0 Å². The molecule has 0 fully saturated rings. The number of nitriles is 1. The molecule has 1 atom stereocenters. The highest BCUT2D eigenvalue weighted by Gasteiger charge is 2.19. The average Bonchev–Trinajstić information content (AvgIpc) is 3.33. The van der Waals surface area contributed by atoms with Crippen LogP contribution in [0.4, 0.5) is 5.69 Å². The minimum atomic E-state index is -0.654. The quantitative estimate of drug-likeness (QED) is 0.481. The van der Waals surface area contributed by atoms with Crippen molar-refractivity contribution < 1.29 is 9.53 Å². The van der Waals surface area contributed by atoms with Gasteiger partial charge in [0.25, 0.3) is 5.91 Å². The minimum absolute atomic E-state index is 0.277. The van der Waals surface area contributed by atoms with Crippen molar-refractivity contribution >= 4 is 11.6 Å². The minimum Gasteiger partial charge on any atom is -0.489 e. The van der Waals surface area contributed by atoms with Gasteiger partial charge in [-0.05, 0) is 42.0 Å². The summed E-state index contributed by atoms with van der Waals surface area (Å²) in [7, 11) is 0. The normalized spacial score (nSPS) is 11.4. The Bertz CT molecular complexity index is 1260. The highest BCUT2D eigenvalue weighted by molar-refractivity contribution is 5.93. The van der Waals surface area contributed by atoms with Gasteiger partial charge in [-0.25, -0.2) is 0 Å². The van der Waals surface area contributed by atoms with Crippen molar-refractivity contribution in [2.24, 2.45) is 0 Å². The maximum atomic E-state index is 12.7. The first-order chi connectivity index (χ1) is 15.6. The van der Waals surface area contributed by atoms with E-state index < -0.39 is 6.04 Å². The summed E-state index contributed by atoms with van der Waals surface area (Å²) in [5, 5.41) is 24.2. The molecule has 4 aromatic rings. The maximum absolute atomic E-state index is 12.7. The zero-order chi connectivity index (χ0) is 22.3. The molecule has 0 radical (unpaired) electrons. The lowest BCUT2D eigenvalue weighted by Gasteiger charge is -2.12. The topological polar surface area (TPSA) is 106 Å². The Kier molecular flexibility index (Phi) is 6.18. The number of ether oxygens (including phenoxy) is 1. The molecular formula is C24H20N6O2. The summed E-state index contributed by atoms with van der Waals surface area (Å²) in [5.41, 5.74) is 2.89. The zero-order valence-corrected chi connectivity index (χ0v) is 17.3. The van der Waals surface area contributed by atoms with E-state index in [9.17, 15) is 4.79 Å². The Morgan fingerprint density at radius 1 is 1.09 bits per heavy atom. The van der Waals surface area contributed by atoms with Crippen LogP contribution in [0.3, 0.4) is 0 Å². The van der Waals surface area contributed by atoms with Gasteiger partial charge in [0.2, 0.25) is 5.82 Å². The summed E-state index contributed by atoms with van der Waals surface area (Å²) >= 11 is 0. The van der Waals surface area contributed by atoms with E-state index in [-0.39, 0.29) is 5.91 Å². The van der Waals surface area contributed by atoms with Crippen LogP contribution in [0.2, 0.25) is 0 Å². The third-order valence-corrected chi connectivity index (χ3v) is 4.75. The molecule has 0 saturated carbocycles. The van der Waals surface area contributed by atoms with Gasteiger partial charge in [0.15, 0.2) is 0 Å². The second-order valence-electron chi connectivity index (χ2n) is 7.09. The van der Waals surface area contributed by atoms with Crippen LogP contribution in [-0.4, -0.2) is 26.1 Å². The van der Waals surface area contributed by atoms with Gasteiger partial charge in [-0.1, -0.05) is 48.5 Å². The third-order valence-electron chi connectivity index (χ3n) is 4.75. The summed E-state index contributed by atoms with van der Waals surface area (Å²) in [6.07, 6.45) is 0. The number of nitrogens with zero attached hydrogens (tertiary/aromatic N) is 5. The van der Waals surface area contributed by atoms with Crippen LogP contribution in [0, 0.1) is 11.3 Å². The number of tetrazole rings is 1. The van der Waals surface area contributed by atoms with Crippen molar-refractivity contribution in [1.82, 2.24) is 20.2 Å². The van der Waals surface area contributed by atoms with Crippen LogP contribution in [0.1, 0.15) is 24.1 Å². The fourth-order valence-corrected chi connectivity index (χ4v) is 3.00. The predicted molar refractivity (Wildman–Crippen MR) is 119 cm³/mol. The van der Waals surface area contributed by atoms with Crippen molar-refractivity contribution in [1.29, 1.82) is 5.26 Å². The molecule has 1 heterocycles. The largest absolute Gasteiger partial charge is 0.489 e. The van der Waals surface area contributed by atoms with Gasteiger partial charge in [-0.15, -0.1) is 10.2 Å². The van der Waals surface area contributed by atoms with Gasteiger partial charge in [0.05, 0.1) is 11.6 Å². The van der Waals surface area contributed by atoms with Crippen molar-refractivity contribution in [3.05, 3.63) is 90.0 Å². The number of aromatic nitrogens is 4. The molecule has 4 rings (SSSR count). The first-order valence-electron chi connectivity index (χ1n) is 10.00. The van der Waals surface area contributed by atoms with E-state index in [1.54, 1.807) is 43.3 Å². The third kappa shape index (κ3) is 4.96. The molecule has 0 saturated heterocycles. The lowest BCUT2D eigenvalue weighted by atomic mass is 10.1. The van der Waals surface area contributed by atoms with E-state index in [0.29, 0.717) is 29.4 Å². The summed E-state index contributed by atoms with van der Waals surface area (Å²) in [4.78, 5) is 14.0. The van der Waals surface area contributed by atoms with Gasteiger partial charge in [-0.3, -0.25) is 4.79 Å². The van der Waals surface area contributed by atoms with Crippen LogP contribution in [0.5, 0.6) is 5.75 Å². The van der Waals surface area contributed by atoms with Crippen LogP contribution < -0.4 is 10.1 Å². The number of hydrogen-bond acceptors (Lipinski definition) is 6. The summed E-state index contributed by atoms with van der Waals surface area (Å²) in [6, 6.07) is 25.3. The van der Waals surface area contributed by atoms with Gasteiger partial charge in [0.1, 0.15) is 18.4 Å². The van der Waals surface area contributed by atoms with E-state index >= 15 is 0 Å². The molecule has 8 nitrogen and oxygen atoms in total. The van der Waals surface area contributed by atoms with Crippen LogP contribution in [-0.2, 0) is 11.4 Å². The summed E-state index contributed by atoms with van der Waals surface area (Å²) in [6.45, 7) is 2.02. The Labute approximate surface area is 185 Å². The fraction of sp³-hybridized carbons (Fsp3) is 0.125. The van der Waals surface area contributed by atoms with Crippen LogP contribution in [0.25, 0.3) is 11.4 Å². The molecule has 0 aliphatic carbocycles. The molecule has 1 amide bonds. The van der Waals surface area contributed by atoms with Gasteiger partial charge in [-0.2, -0.15) is 10.1 Å². The van der Waals surface area contributed by atoms with E-state index in [1.165, 1.54) is 4.80 Å². The Balaban J connectivity index is 1.39. The molecular weight excluding hydrogens is 404 g/mol. The average molecular weight is 424 g/mol. The van der Waals surface area contributed by atoms with Crippen molar-refractivity contribution in [3.8, 4) is 23.2 Å². The molecule has 0 aliphatic rings. The monoisotopic (exact) mass is 424 g/mol. The number of hydrogen-bond donors (Lipinski definition) is 1. The standard InChI is InChI=1S/C24H20N6O2/c1-17(30-28-23(27-29-30)20-9-3-2-4-10-20)24(31)26-21-11-6-12-22(14-21)32-16-19-8-5-7-18(13-19)15-25/h2-14,17H,16H2,1H3,(H,26,31). The number of carbonyl (C=O) groups excluding carboxylic acids is 1.